The summed E-state index contributed by atoms with van der Waals surface area (Å²) >= 11 is 12.1. The van der Waals surface area contributed by atoms with Gasteiger partial charge in [-0.2, -0.15) is 0 Å². The number of benzene rings is 1. The molecular weight excluding hydrogens is 373 g/mol. The number of amides is 1. The fourth-order valence-corrected chi connectivity index (χ4v) is 6.15. The zero-order valence-electron chi connectivity index (χ0n) is 14.2. The molecule has 1 aromatic carbocycles. The number of nitrogens with one attached hydrogen (secondary N) is 1. The zero-order valence-corrected chi connectivity index (χ0v) is 15.7. The second kappa shape index (κ2) is 5.96. The van der Waals surface area contributed by atoms with Crippen LogP contribution in [0, 0.1) is 23.2 Å². The third-order valence-corrected chi connectivity index (χ3v) is 6.87. The summed E-state index contributed by atoms with van der Waals surface area (Å²) in [4.78, 5) is 13.0. The summed E-state index contributed by atoms with van der Waals surface area (Å²) in [5, 5.41) is 11.8. The highest BCUT2D eigenvalue weighted by Gasteiger charge is 2.54. The van der Waals surface area contributed by atoms with Crippen molar-refractivity contribution in [2.45, 2.75) is 38.5 Å². The van der Waals surface area contributed by atoms with E-state index in [4.69, 9.17) is 27.6 Å². The molecule has 2 aromatic rings. The molecule has 0 radical (unpaired) electrons. The molecule has 1 aromatic heterocycles. The Labute approximate surface area is 161 Å². The minimum Gasteiger partial charge on any atom is -0.403 e. The lowest BCUT2D eigenvalue weighted by atomic mass is 9.49. The Morgan fingerprint density at radius 3 is 2.35 bits per heavy atom. The number of nitrogens with zero attached hydrogens (tertiary/aromatic N) is 2. The second-order valence-corrected chi connectivity index (χ2v) is 9.03. The van der Waals surface area contributed by atoms with Gasteiger partial charge < -0.3 is 4.42 Å². The van der Waals surface area contributed by atoms with Gasteiger partial charge in [-0.1, -0.05) is 28.3 Å². The fourth-order valence-electron chi connectivity index (χ4n) is 5.66. The standard InChI is InChI=1S/C19H19Cl2N3O2/c20-13-1-2-14(15(21)6-13)16-23-24-18(26-16)22-17(25)19-7-10-3-11(8-19)5-12(4-10)9-19/h1-2,6,10-12H,3-5,7-9H2,(H,22,24,25). The van der Waals surface area contributed by atoms with Gasteiger partial charge in [0.1, 0.15) is 0 Å². The van der Waals surface area contributed by atoms with Crippen LogP contribution in [-0.4, -0.2) is 16.1 Å². The van der Waals surface area contributed by atoms with Gasteiger partial charge in [-0.3, -0.25) is 10.1 Å². The highest BCUT2D eigenvalue weighted by Crippen LogP contribution is 2.60. The maximum absolute atomic E-state index is 13.0. The average molecular weight is 392 g/mol. The van der Waals surface area contributed by atoms with Gasteiger partial charge in [0, 0.05) is 5.02 Å². The van der Waals surface area contributed by atoms with Gasteiger partial charge in [0.2, 0.25) is 5.91 Å². The Morgan fingerprint density at radius 2 is 1.73 bits per heavy atom. The van der Waals surface area contributed by atoms with Crippen LogP contribution in [-0.2, 0) is 4.79 Å². The minimum atomic E-state index is -0.249. The van der Waals surface area contributed by atoms with Crippen molar-refractivity contribution in [2.24, 2.45) is 23.2 Å². The molecule has 0 saturated heterocycles. The Morgan fingerprint density at radius 1 is 1.08 bits per heavy atom. The third kappa shape index (κ3) is 2.72. The molecule has 6 rings (SSSR count). The summed E-state index contributed by atoms with van der Waals surface area (Å²) in [5.74, 6) is 2.43. The number of aromatic nitrogens is 2. The lowest BCUT2D eigenvalue weighted by molar-refractivity contribution is -0.140. The summed E-state index contributed by atoms with van der Waals surface area (Å²) in [6.45, 7) is 0. The predicted octanol–water partition coefficient (Wildman–Crippen LogP) is 5.20. The molecule has 1 N–H and O–H groups in total. The second-order valence-electron chi connectivity index (χ2n) is 8.19. The number of halogens is 2. The predicted molar refractivity (Wildman–Crippen MR) is 99.0 cm³/mol. The monoisotopic (exact) mass is 391 g/mol. The quantitative estimate of drug-likeness (QED) is 0.780. The molecule has 4 bridgehead atoms. The average Bonchev–Trinajstić information content (AvgIpc) is 3.01. The number of hydrogen-bond donors (Lipinski definition) is 1. The molecule has 4 aliphatic rings. The minimum absolute atomic E-state index is 0.0361. The van der Waals surface area contributed by atoms with Crippen molar-refractivity contribution in [1.82, 2.24) is 10.2 Å². The van der Waals surface area contributed by atoms with Crippen LogP contribution in [0.25, 0.3) is 11.5 Å². The fraction of sp³-hybridized carbons (Fsp3) is 0.526. The molecule has 0 atom stereocenters. The van der Waals surface area contributed by atoms with Crippen LogP contribution in [0.15, 0.2) is 22.6 Å². The number of carbonyl (C=O) groups excluding carboxylic acids is 1. The van der Waals surface area contributed by atoms with Crippen LogP contribution in [0.2, 0.25) is 10.0 Å². The summed E-state index contributed by atoms with van der Waals surface area (Å²) in [6.07, 6.45) is 6.88. The summed E-state index contributed by atoms with van der Waals surface area (Å²) in [5.41, 5.74) is 0.347. The molecule has 4 saturated carbocycles. The molecule has 4 fully saturated rings. The van der Waals surface area contributed by atoms with E-state index in [1.165, 1.54) is 19.3 Å². The Kier molecular flexibility index (Phi) is 3.80. The van der Waals surface area contributed by atoms with Crippen LogP contribution in [0.4, 0.5) is 6.01 Å². The van der Waals surface area contributed by atoms with E-state index in [0.29, 0.717) is 33.4 Å². The first-order chi connectivity index (χ1) is 12.5. The van der Waals surface area contributed by atoms with E-state index in [2.05, 4.69) is 15.5 Å². The van der Waals surface area contributed by atoms with E-state index < -0.39 is 0 Å². The van der Waals surface area contributed by atoms with Crippen LogP contribution in [0.1, 0.15) is 38.5 Å². The smallest absolute Gasteiger partial charge is 0.322 e. The Hall–Kier alpha value is -1.59. The van der Waals surface area contributed by atoms with Crippen molar-refractivity contribution >= 4 is 35.1 Å². The maximum Gasteiger partial charge on any atom is 0.322 e. The topological polar surface area (TPSA) is 68.0 Å². The van der Waals surface area contributed by atoms with Crippen LogP contribution in [0.5, 0.6) is 0 Å². The largest absolute Gasteiger partial charge is 0.403 e. The first kappa shape index (κ1) is 16.6. The van der Waals surface area contributed by atoms with E-state index in [9.17, 15) is 4.79 Å². The van der Waals surface area contributed by atoms with Gasteiger partial charge in [-0.05, 0) is 74.5 Å². The van der Waals surface area contributed by atoms with Crippen LogP contribution in [0.3, 0.4) is 0 Å². The molecule has 26 heavy (non-hydrogen) atoms. The molecule has 136 valence electrons. The lowest BCUT2D eigenvalue weighted by Crippen LogP contribution is -2.51. The number of carbonyl (C=O) groups is 1. The van der Waals surface area contributed by atoms with Gasteiger partial charge in [0.25, 0.3) is 5.89 Å². The zero-order chi connectivity index (χ0) is 17.9. The summed E-state index contributed by atoms with van der Waals surface area (Å²) < 4.78 is 5.64. The van der Waals surface area contributed by atoms with Crippen molar-refractivity contribution < 1.29 is 9.21 Å². The molecule has 0 spiro atoms. The van der Waals surface area contributed by atoms with E-state index in [-0.39, 0.29) is 23.2 Å². The molecule has 1 amide bonds. The number of anilines is 1. The summed E-state index contributed by atoms with van der Waals surface area (Å²) in [6, 6.07) is 5.19. The van der Waals surface area contributed by atoms with Crippen molar-refractivity contribution in [3.63, 3.8) is 0 Å². The lowest BCUT2D eigenvalue weighted by Gasteiger charge is -2.55. The molecular formula is C19H19Cl2N3O2. The van der Waals surface area contributed by atoms with Crippen molar-refractivity contribution in [2.75, 3.05) is 5.32 Å². The first-order valence-electron chi connectivity index (χ1n) is 9.11. The Balaban J connectivity index is 1.36. The van der Waals surface area contributed by atoms with E-state index in [0.717, 1.165) is 19.3 Å². The van der Waals surface area contributed by atoms with E-state index >= 15 is 0 Å². The van der Waals surface area contributed by atoms with Crippen molar-refractivity contribution in [1.29, 1.82) is 0 Å². The third-order valence-electron chi connectivity index (χ3n) is 6.33. The van der Waals surface area contributed by atoms with Gasteiger partial charge in [0.05, 0.1) is 16.0 Å². The molecule has 7 heteroatoms. The normalized spacial score (nSPS) is 32.0. The number of rotatable bonds is 3. The highest BCUT2D eigenvalue weighted by molar-refractivity contribution is 6.36. The van der Waals surface area contributed by atoms with Crippen LogP contribution >= 0.6 is 23.2 Å². The molecule has 0 unspecified atom stereocenters. The van der Waals surface area contributed by atoms with Gasteiger partial charge >= 0.3 is 6.01 Å². The Bertz CT molecular complexity index is 844. The van der Waals surface area contributed by atoms with E-state index in [1.807, 2.05) is 0 Å². The van der Waals surface area contributed by atoms with Gasteiger partial charge in [-0.15, -0.1) is 5.10 Å². The SMILES string of the molecule is O=C(Nc1nnc(-c2ccc(Cl)cc2Cl)o1)C12CC3CC(CC(C3)C1)C2. The van der Waals surface area contributed by atoms with Crippen LogP contribution < -0.4 is 5.32 Å². The van der Waals surface area contributed by atoms with Crippen molar-refractivity contribution in [3.8, 4) is 11.5 Å². The molecule has 1 heterocycles. The molecule has 5 nitrogen and oxygen atoms in total. The first-order valence-corrected chi connectivity index (χ1v) is 9.87. The highest BCUT2D eigenvalue weighted by atomic mass is 35.5. The van der Waals surface area contributed by atoms with Crippen molar-refractivity contribution in [3.05, 3.63) is 28.2 Å². The van der Waals surface area contributed by atoms with E-state index in [1.54, 1.807) is 18.2 Å². The van der Waals surface area contributed by atoms with Gasteiger partial charge in [-0.25, -0.2) is 0 Å². The number of hydrogen-bond acceptors (Lipinski definition) is 4. The molecule has 0 aliphatic heterocycles. The summed E-state index contributed by atoms with van der Waals surface area (Å²) in [7, 11) is 0. The van der Waals surface area contributed by atoms with Gasteiger partial charge in [0.15, 0.2) is 0 Å². The molecule has 4 aliphatic carbocycles. The maximum atomic E-state index is 13.0.